The van der Waals surface area contributed by atoms with Gasteiger partial charge >= 0.3 is 18.2 Å². The maximum absolute atomic E-state index is 13.2. The molecule has 0 radical (unpaired) electrons. The zero-order chi connectivity index (χ0) is 40.0. The number of carbonyl (C=O) groups is 4. The summed E-state index contributed by atoms with van der Waals surface area (Å²) in [6.45, 7) is 1.72. The van der Waals surface area contributed by atoms with Gasteiger partial charge in [-0.05, 0) is 99.2 Å². The molecule has 1 unspecified atom stereocenters. The van der Waals surface area contributed by atoms with Gasteiger partial charge in [0, 0.05) is 28.2 Å². The van der Waals surface area contributed by atoms with E-state index < -0.39 is 71.7 Å². The van der Waals surface area contributed by atoms with Crippen molar-refractivity contribution in [2.45, 2.75) is 69.2 Å². The Bertz CT molecular complexity index is 2030. The van der Waals surface area contributed by atoms with Gasteiger partial charge in [-0.2, -0.15) is 28.1 Å². The Morgan fingerprint density at radius 3 is 2.15 bits per heavy atom. The van der Waals surface area contributed by atoms with Crippen LogP contribution in [-0.4, -0.2) is 68.0 Å². The number of hydrogen-bond acceptors (Lipinski definition) is 10. The lowest BCUT2D eigenvalue weighted by Gasteiger charge is -2.26. The molecule has 290 valence electrons. The van der Waals surface area contributed by atoms with Crippen LogP contribution in [0.1, 0.15) is 61.0 Å². The molecule has 18 heteroatoms. The van der Waals surface area contributed by atoms with E-state index in [1.165, 1.54) is 36.4 Å². The summed E-state index contributed by atoms with van der Waals surface area (Å²) >= 11 is 6.02. The molecule has 5 rings (SSSR count). The number of halogens is 5. The second-order valence-corrected chi connectivity index (χ2v) is 14.0. The number of carboxylic acids is 1. The minimum absolute atomic E-state index is 0.0363. The highest BCUT2D eigenvalue weighted by Gasteiger charge is 2.45. The van der Waals surface area contributed by atoms with Crippen LogP contribution in [0.4, 0.5) is 35.1 Å². The second kappa shape index (κ2) is 16.7. The van der Waals surface area contributed by atoms with Crippen molar-refractivity contribution in [1.82, 2.24) is 25.6 Å². The lowest BCUT2D eigenvalue weighted by Crippen LogP contribution is -2.48. The number of ether oxygens (including phenoxy) is 1. The molecule has 0 aliphatic heterocycles. The highest BCUT2D eigenvalue weighted by molar-refractivity contribution is 6.36. The van der Waals surface area contributed by atoms with E-state index in [4.69, 9.17) is 16.3 Å². The average Bonchev–Trinajstić information content (AvgIpc) is 3.89. The molecule has 1 heterocycles. The first kappa shape index (κ1) is 40.3. The first-order valence-corrected chi connectivity index (χ1v) is 17.3. The third-order valence-electron chi connectivity index (χ3n) is 8.41. The number of nitrogens with one attached hydrogen (secondary N) is 4. The third-order valence-corrected chi connectivity index (χ3v) is 8.66. The fourth-order valence-electron chi connectivity index (χ4n) is 5.53. The summed E-state index contributed by atoms with van der Waals surface area (Å²) in [6, 6.07) is 16.2. The quantitative estimate of drug-likeness (QED) is 0.0614. The number of alkyl halides is 3. The first-order chi connectivity index (χ1) is 25.9. The molecule has 5 N–H and O–H groups in total. The molecule has 1 aliphatic carbocycles. The van der Waals surface area contributed by atoms with Crippen molar-refractivity contribution in [2.24, 2.45) is 0 Å². The monoisotopic (exact) mass is 785 g/mol. The van der Waals surface area contributed by atoms with Gasteiger partial charge in [-0.3, -0.25) is 14.4 Å². The number of rotatable bonds is 17. The molecular weight excluding hydrogens is 750 g/mol. The topological polar surface area (TPSA) is 185 Å². The lowest BCUT2D eigenvalue weighted by molar-refractivity contribution is -0.154. The fourth-order valence-corrected chi connectivity index (χ4v) is 5.65. The smallest absolute Gasteiger partial charge is 0.422 e. The van der Waals surface area contributed by atoms with Gasteiger partial charge in [0.2, 0.25) is 17.7 Å². The number of anilines is 3. The van der Waals surface area contributed by atoms with Crippen molar-refractivity contribution in [3.63, 3.8) is 0 Å². The van der Waals surface area contributed by atoms with E-state index in [2.05, 4.69) is 36.2 Å². The third kappa shape index (κ3) is 11.8. The van der Waals surface area contributed by atoms with Crippen molar-refractivity contribution in [2.75, 3.05) is 17.2 Å². The Balaban J connectivity index is 1.19. The lowest BCUT2D eigenvalue weighted by atomic mass is 9.94. The van der Waals surface area contributed by atoms with Gasteiger partial charge in [-0.15, -0.1) is 0 Å². The summed E-state index contributed by atoms with van der Waals surface area (Å²) in [4.78, 5) is 62.4. The molecule has 4 aromatic rings. The Morgan fingerprint density at radius 2 is 1.55 bits per heavy atom. The number of carbonyl (C=O) groups excluding carboxylic acids is 3. The maximum atomic E-state index is 13.2. The largest absolute Gasteiger partial charge is 0.480 e. The number of carboxylic acid groups (broad SMARTS) is 1. The van der Waals surface area contributed by atoms with Gasteiger partial charge in [0.05, 0.1) is 5.54 Å². The van der Waals surface area contributed by atoms with Crippen LogP contribution in [0.3, 0.4) is 0 Å². The summed E-state index contributed by atoms with van der Waals surface area (Å²) in [6.07, 6.45) is -3.82. The van der Waals surface area contributed by atoms with Gasteiger partial charge < -0.3 is 31.1 Å². The molecule has 1 atom stereocenters. The number of Topliss-reactive ketones (excluding diaryl/α,β-unsaturated/α-hetero) is 1. The molecule has 3 aromatic carbocycles. The number of hydrogen-bond donors (Lipinski definition) is 5. The normalized spacial score (nSPS) is 13.9. The Labute approximate surface area is 317 Å². The van der Waals surface area contributed by atoms with E-state index in [0.717, 1.165) is 11.1 Å². The molecule has 55 heavy (non-hydrogen) atoms. The van der Waals surface area contributed by atoms with Crippen molar-refractivity contribution in [3.8, 4) is 6.01 Å². The minimum Gasteiger partial charge on any atom is -0.480 e. The molecule has 0 spiro atoms. The number of benzene rings is 3. The maximum Gasteiger partial charge on any atom is 0.422 e. The first-order valence-electron chi connectivity index (χ1n) is 16.9. The van der Waals surface area contributed by atoms with Crippen molar-refractivity contribution in [1.29, 1.82) is 0 Å². The van der Waals surface area contributed by atoms with Gasteiger partial charge in [-0.1, -0.05) is 35.9 Å². The molecule has 0 bridgehead atoms. The SMILES string of the molecule is CC(C)(Cc1ccc(F)cc1)NC(=O)C(=O)CCC(NC(=O)c1ccc(Nc2nc(NC3(c4ccc(Cl)cc4)CC3)nc(OCC(F)(F)F)n2)cc1)C(=O)O. The summed E-state index contributed by atoms with van der Waals surface area (Å²) < 4.78 is 56.9. The van der Waals surface area contributed by atoms with Crippen LogP contribution in [0.2, 0.25) is 5.02 Å². The highest BCUT2D eigenvalue weighted by Crippen LogP contribution is 2.48. The van der Waals surface area contributed by atoms with E-state index in [-0.39, 0.29) is 23.9 Å². The molecule has 13 nitrogen and oxygen atoms in total. The molecule has 2 amide bonds. The van der Waals surface area contributed by atoms with E-state index >= 15 is 0 Å². The molecule has 1 fully saturated rings. The van der Waals surface area contributed by atoms with Crippen LogP contribution in [0, 0.1) is 5.82 Å². The van der Waals surface area contributed by atoms with Crippen LogP contribution >= 0.6 is 11.6 Å². The van der Waals surface area contributed by atoms with E-state index in [1.807, 2.05) is 12.1 Å². The molecule has 1 aromatic heterocycles. The Morgan fingerprint density at radius 1 is 0.909 bits per heavy atom. The number of aliphatic carboxylic acids is 1. The van der Waals surface area contributed by atoms with Crippen molar-refractivity contribution >= 4 is 52.8 Å². The van der Waals surface area contributed by atoms with E-state index in [0.29, 0.717) is 30.0 Å². The zero-order valence-corrected chi connectivity index (χ0v) is 30.2. The van der Waals surface area contributed by atoms with Crippen molar-refractivity contribution < 1.29 is 46.6 Å². The standard InChI is InChI=1S/C37H36ClF4N7O6/c1-35(2,19-21-3-11-25(39)12-4-21)48-30(52)28(50)16-15-27(31(53)54)44-29(51)22-5-13-26(14-6-22)43-32-45-33(47-34(46-32)55-20-37(40,41)42)49-36(17-18-36)23-7-9-24(38)10-8-23/h3-14,27H,15-20H2,1-2H3,(H,44,51)(H,48,52)(H,53,54)(H2,43,45,46,47,49). The number of aromatic nitrogens is 3. The summed E-state index contributed by atoms with van der Waals surface area (Å²) in [5.74, 6) is -4.67. The predicted molar refractivity (Wildman–Crippen MR) is 193 cm³/mol. The van der Waals surface area contributed by atoms with Gasteiger partial charge in [0.1, 0.15) is 11.9 Å². The van der Waals surface area contributed by atoms with Crippen LogP contribution < -0.4 is 26.0 Å². The molecule has 1 aliphatic rings. The van der Waals surface area contributed by atoms with Gasteiger partial charge in [0.15, 0.2) is 6.61 Å². The summed E-state index contributed by atoms with van der Waals surface area (Å²) in [5.41, 5.74) is 0.493. The number of ketones is 1. The van der Waals surface area contributed by atoms with Crippen LogP contribution in [0.25, 0.3) is 0 Å². The zero-order valence-electron chi connectivity index (χ0n) is 29.5. The molecule has 1 saturated carbocycles. The molecular formula is C37H36ClF4N7O6. The summed E-state index contributed by atoms with van der Waals surface area (Å²) in [7, 11) is 0. The van der Waals surface area contributed by atoms with Gasteiger partial charge in [0.25, 0.3) is 11.8 Å². The summed E-state index contributed by atoms with van der Waals surface area (Å²) in [5, 5.41) is 21.2. The predicted octanol–water partition coefficient (Wildman–Crippen LogP) is 6.12. The number of amides is 2. The Kier molecular flexibility index (Phi) is 12.2. The van der Waals surface area contributed by atoms with E-state index in [9.17, 15) is 41.8 Å². The molecule has 0 saturated heterocycles. The van der Waals surface area contributed by atoms with E-state index in [1.54, 1.807) is 38.1 Å². The minimum atomic E-state index is -4.65. The average molecular weight is 786 g/mol. The Hall–Kier alpha value is -5.84. The van der Waals surface area contributed by atoms with Crippen LogP contribution in [0.5, 0.6) is 6.01 Å². The highest BCUT2D eigenvalue weighted by atomic mass is 35.5. The van der Waals surface area contributed by atoms with Crippen LogP contribution in [0.15, 0.2) is 72.8 Å². The van der Waals surface area contributed by atoms with Crippen molar-refractivity contribution in [3.05, 3.63) is 100 Å². The number of nitrogens with zero attached hydrogens (tertiary/aromatic N) is 3. The second-order valence-electron chi connectivity index (χ2n) is 13.6. The fraction of sp³-hybridized carbons (Fsp3) is 0.324. The van der Waals surface area contributed by atoms with Gasteiger partial charge in [-0.25, -0.2) is 9.18 Å². The van der Waals surface area contributed by atoms with Crippen LogP contribution in [-0.2, 0) is 26.3 Å².